The summed E-state index contributed by atoms with van der Waals surface area (Å²) in [5.41, 5.74) is 2.46. The van der Waals surface area contributed by atoms with Gasteiger partial charge in [0, 0.05) is 39.3 Å². The van der Waals surface area contributed by atoms with Crippen LogP contribution in [-0.2, 0) is 10.8 Å². The van der Waals surface area contributed by atoms with Crippen LogP contribution < -0.4 is 5.32 Å². The Labute approximate surface area is 133 Å². The van der Waals surface area contributed by atoms with Crippen LogP contribution in [0.3, 0.4) is 0 Å². The van der Waals surface area contributed by atoms with Gasteiger partial charge in [-0.3, -0.25) is 9.00 Å². The van der Waals surface area contributed by atoms with Crippen LogP contribution in [0.25, 0.3) is 11.1 Å². The van der Waals surface area contributed by atoms with Gasteiger partial charge < -0.3 is 14.7 Å². The minimum absolute atomic E-state index is 0.248. The zero-order valence-electron chi connectivity index (χ0n) is 11.6. The van der Waals surface area contributed by atoms with E-state index < -0.39 is 10.8 Å². The van der Waals surface area contributed by atoms with Gasteiger partial charge in [-0.25, -0.2) is 0 Å². The molecule has 0 aliphatic heterocycles. The number of H-pyrrole nitrogens is 1. The number of hydrogen-bond acceptors (Lipinski definition) is 4. The summed E-state index contributed by atoms with van der Waals surface area (Å²) in [6, 6.07) is 11.9. The molecular formula is C15H12N2O3S2. The number of carbonyl (C=O) groups excluding carboxylic acids is 1. The van der Waals surface area contributed by atoms with Crippen molar-refractivity contribution in [3.05, 3.63) is 52.9 Å². The Kier molecular flexibility index (Phi) is 3.91. The molecule has 0 aliphatic rings. The van der Waals surface area contributed by atoms with Crippen LogP contribution in [0.1, 0.15) is 10.4 Å². The summed E-state index contributed by atoms with van der Waals surface area (Å²) in [6.45, 7) is 0. The van der Waals surface area contributed by atoms with E-state index in [0.717, 1.165) is 5.52 Å². The molecule has 1 unspecified atom stereocenters. The SMILES string of the molecule is CS(=O)c1ccc(C(=O)Nc2ccc3[nH]c(=S)oc3c2)cc1. The topological polar surface area (TPSA) is 75.1 Å². The summed E-state index contributed by atoms with van der Waals surface area (Å²) in [5.74, 6) is -0.248. The molecule has 0 saturated heterocycles. The van der Waals surface area contributed by atoms with Crippen LogP contribution in [0.5, 0.6) is 0 Å². The molecule has 3 aromatic rings. The first-order valence-electron chi connectivity index (χ1n) is 6.40. The van der Waals surface area contributed by atoms with Gasteiger partial charge in [-0.2, -0.15) is 0 Å². The van der Waals surface area contributed by atoms with E-state index in [2.05, 4.69) is 10.3 Å². The van der Waals surface area contributed by atoms with E-state index in [1.807, 2.05) is 0 Å². The number of fused-ring (bicyclic) bond motifs is 1. The first-order valence-corrected chi connectivity index (χ1v) is 8.37. The van der Waals surface area contributed by atoms with E-state index >= 15 is 0 Å². The maximum Gasteiger partial charge on any atom is 0.266 e. The Morgan fingerprint density at radius 3 is 2.64 bits per heavy atom. The van der Waals surface area contributed by atoms with Crippen molar-refractivity contribution in [3.8, 4) is 0 Å². The van der Waals surface area contributed by atoms with Crippen molar-refractivity contribution in [2.24, 2.45) is 0 Å². The summed E-state index contributed by atoms with van der Waals surface area (Å²) in [6.07, 6.45) is 1.60. The highest BCUT2D eigenvalue weighted by Gasteiger charge is 2.08. The molecule has 0 saturated carbocycles. The largest absolute Gasteiger partial charge is 0.429 e. The number of aromatic amines is 1. The van der Waals surface area contributed by atoms with Gasteiger partial charge in [0.15, 0.2) is 5.58 Å². The Balaban J connectivity index is 1.82. The van der Waals surface area contributed by atoms with E-state index in [4.69, 9.17) is 16.6 Å². The van der Waals surface area contributed by atoms with Gasteiger partial charge >= 0.3 is 0 Å². The molecule has 2 N–H and O–H groups in total. The maximum atomic E-state index is 12.2. The van der Waals surface area contributed by atoms with Crippen LogP contribution in [0, 0.1) is 4.84 Å². The summed E-state index contributed by atoms with van der Waals surface area (Å²) in [7, 11) is -1.06. The average molecular weight is 332 g/mol. The Bertz CT molecular complexity index is 926. The molecule has 1 heterocycles. The molecule has 1 aromatic heterocycles. The molecule has 3 rings (SSSR count). The van der Waals surface area contributed by atoms with Gasteiger partial charge in [-0.15, -0.1) is 0 Å². The zero-order chi connectivity index (χ0) is 15.7. The van der Waals surface area contributed by atoms with Crippen LogP contribution >= 0.6 is 12.2 Å². The molecule has 7 heteroatoms. The lowest BCUT2D eigenvalue weighted by atomic mass is 10.2. The number of aromatic nitrogens is 1. The molecule has 0 fully saturated rings. The van der Waals surface area contributed by atoms with Gasteiger partial charge in [0.05, 0.1) is 5.52 Å². The highest BCUT2D eigenvalue weighted by molar-refractivity contribution is 7.84. The maximum absolute atomic E-state index is 12.2. The number of amides is 1. The molecule has 1 atom stereocenters. The van der Waals surface area contributed by atoms with Crippen molar-refractivity contribution in [1.82, 2.24) is 4.98 Å². The van der Waals surface area contributed by atoms with Crippen molar-refractivity contribution in [2.45, 2.75) is 4.90 Å². The Morgan fingerprint density at radius 1 is 1.23 bits per heavy atom. The lowest BCUT2D eigenvalue weighted by molar-refractivity contribution is 0.102. The third-order valence-electron chi connectivity index (χ3n) is 3.13. The average Bonchev–Trinajstić information content (AvgIpc) is 2.86. The van der Waals surface area contributed by atoms with Gasteiger partial charge in [-0.05, 0) is 48.6 Å². The number of nitrogens with one attached hydrogen (secondary N) is 2. The van der Waals surface area contributed by atoms with Gasteiger partial charge in [0.2, 0.25) is 0 Å². The van der Waals surface area contributed by atoms with E-state index in [-0.39, 0.29) is 5.91 Å². The second kappa shape index (κ2) is 5.86. The van der Waals surface area contributed by atoms with E-state index in [1.165, 1.54) is 0 Å². The monoisotopic (exact) mass is 332 g/mol. The standard InChI is InChI=1S/C15H12N2O3S2/c1-22(19)11-5-2-9(3-6-11)14(18)16-10-4-7-12-13(8-10)20-15(21)17-12/h2-8H,1H3,(H,16,18)(H,17,21). The van der Waals surface area contributed by atoms with Crippen LogP contribution in [0.15, 0.2) is 51.8 Å². The first-order chi connectivity index (χ1) is 10.5. The third kappa shape index (κ3) is 3.00. The summed E-state index contributed by atoms with van der Waals surface area (Å²) in [4.78, 5) is 16.1. The summed E-state index contributed by atoms with van der Waals surface area (Å²) < 4.78 is 16.6. The number of benzene rings is 2. The number of carbonyl (C=O) groups is 1. The van der Waals surface area contributed by atoms with E-state index in [9.17, 15) is 9.00 Å². The minimum atomic E-state index is -1.06. The van der Waals surface area contributed by atoms with Crippen LogP contribution in [0.4, 0.5) is 5.69 Å². The summed E-state index contributed by atoms with van der Waals surface area (Å²) >= 11 is 4.92. The summed E-state index contributed by atoms with van der Waals surface area (Å²) in [5, 5.41) is 2.79. The lowest BCUT2D eigenvalue weighted by Gasteiger charge is -2.05. The van der Waals surface area contributed by atoms with Crippen LogP contribution in [-0.4, -0.2) is 21.4 Å². The van der Waals surface area contributed by atoms with Crippen molar-refractivity contribution >= 4 is 45.7 Å². The lowest BCUT2D eigenvalue weighted by Crippen LogP contribution is -2.11. The second-order valence-corrected chi connectivity index (χ2v) is 6.41. The molecule has 0 bridgehead atoms. The zero-order valence-corrected chi connectivity index (χ0v) is 13.2. The molecule has 2 aromatic carbocycles. The normalized spacial score (nSPS) is 12.2. The predicted octanol–water partition coefficient (Wildman–Crippen LogP) is 3.48. The fraction of sp³-hybridized carbons (Fsp3) is 0.0667. The number of hydrogen-bond donors (Lipinski definition) is 2. The van der Waals surface area contributed by atoms with Crippen molar-refractivity contribution in [1.29, 1.82) is 0 Å². The molecule has 1 amide bonds. The Hall–Kier alpha value is -2.25. The van der Waals surface area contributed by atoms with E-state index in [0.29, 0.717) is 26.6 Å². The highest BCUT2D eigenvalue weighted by atomic mass is 32.2. The third-order valence-corrected chi connectivity index (χ3v) is 4.25. The number of anilines is 1. The van der Waals surface area contributed by atoms with Crippen molar-refractivity contribution in [3.63, 3.8) is 0 Å². The van der Waals surface area contributed by atoms with Crippen molar-refractivity contribution < 1.29 is 13.4 Å². The van der Waals surface area contributed by atoms with Gasteiger partial charge in [0.1, 0.15) is 0 Å². The predicted molar refractivity (Wildman–Crippen MR) is 88.1 cm³/mol. The fourth-order valence-corrected chi connectivity index (χ4v) is 2.74. The van der Waals surface area contributed by atoms with Crippen LogP contribution in [0.2, 0.25) is 0 Å². The smallest absolute Gasteiger partial charge is 0.266 e. The van der Waals surface area contributed by atoms with E-state index in [1.54, 1.807) is 48.7 Å². The number of oxazole rings is 1. The molecule has 0 spiro atoms. The first kappa shape index (κ1) is 14.7. The molecule has 22 heavy (non-hydrogen) atoms. The highest BCUT2D eigenvalue weighted by Crippen LogP contribution is 2.19. The molecule has 0 radical (unpaired) electrons. The molecule has 0 aliphatic carbocycles. The van der Waals surface area contributed by atoms with Gasteiger partial charge in [0.25, 0.3) is 10.7 Å². The Morgan fingerprint density at radius 2 is 1.95 bits per heavy atom. The quantitative estimate of drug-likeness (QED) is 0.720. The molecule has 112 valence electrons. The molecular weight excluding hydrogens is 320 g/mol. The molecule has 5 nitrogen and oxygen atoms in total. The van der Waals surface area contributed by atoms with Gasteiger partial charge in [-0.1, -0.05) is 0 Å². The number of rotatable bonds is 3. The second-order valence-electron chi connectivity index (χ2n) is 4.66. The fourth-order valence-electron chi connectivity index (χ4n) is 2.02. The van der Waals surface area contributed by atoms with Crippen molar-refractivity contribution in [2.75, 3.05) is 11.6 Å². The minimum Gasteiger partial charge on any atom is -0.429 e.